The topological polar surface area (TPSA) is 50.8 Å². The molecule has 1 N–H and O–H groups in total. The standard InChI is InChI=1S/C19H33BrN2O3Si/c1-19(2,3)26(6,7)25-14-15-9-10-16(20)13-17(15)21-18(23)22(4)11-8-12-24-5/h9-10,13H,8,11-12,14H2,1-7H3,(H,21,23). The third-order valence-electron chi connectivity index (χ3n) is 4.90. The highest BCUT2D eigenvalue weighted by Crippen LogP contribution is 2.37. The number of rotatable bonds is 8. The molecule has 0 fully saturated rings. The number of carbonyl (C=O) groups excluding carboxylic acids is 1. The van der Waals surface area contributed by atoms with Crippen molar-refractivity contribution in [3.05, 3.63) is 28.2 Å². The van der Waals surface area contributed by atoms with Crippen LogP contribution in [-0.2, 0) is 15.8 Å². The largest absolute Gasteiger partial charge is 0.412 e. The molecule has 2 amide bonds. The minimum Gasteiger partial charge on any atom is -0.412 e. The lowest BCUT2D eigenvalue weighted by Crippen LogP contribution is -2.40. The van der Waals surface area contributed by atoms with Crippen molar-refractivity contribution in [3.63, 3.8) is 0 Å². The molecule has 0 spiro atoms. The highest BCUT2D eigenvalue weighted by Gasteiger charge is 2.37. The summed E-state index contributed by atoms with van der Waals surface area (Å²) in [4.78, 5) is 14.1. The quantitative estimate of drug-likeness (QED) is 0.426. The molecule has 0 saturated carbocycles. The summed E-state index contributed by atoms with van der Waals surface area (Å²) in [5.41, 5.74) is 1.76. The number of halogens is 1. The molecule has 0 aliphatic carbocycles. The van der Waals surface area contributed by atoms with Gasteiger partial charge in [-0.15, -0.1) is 0 Å². The molecule has 0 heterocycles. The van der Waals surface area contributed by atoms with Gasteiger partial charge < -0.3 is 19.4 Å². The van der Waals surface area contributed by atoms with Crippen molar-refractivity contribution in [1.29, 1.82) is 0 Å². The lowest BCUT2D eigenvalue weighted by Gasteiger charge is -2.36. The molecule has 0 saturated heterocycles. The molecular formula is C19H33BrN2O3Si. The molecule has 1 aromatic rings. The Morgan fingerprint density at radius 1 is 1.31 bits per heavy atom. The zero-order valence-corrected chi connectivity index (χ0v) is 19.7. The van der Waals surface area contributed by atoms with Crippen molar-refractivity contribution in [2.24, 2.45) is 0 Å². The van der Waals surface area contributed by atoms with Crippen LogP contribution in [-0.4, -0.2) is 46.6 Å². The van der Waals surface area contributed by atoms with E-state index in [0.717, 1.165) is 22.1 Å². The first-order valence-corrected chi connectivity index (χ1v) is 12.6. The van der Waals surface area contributed by atoms with E-state index in [0.29, 0.717) is 19.8 Å². The van der Waals surface area contributed by atoms with Gasteiger partial charge in [0.25, 0.3) is 0 Å². The second kappa shape index (κ2) is 9.87. The Morgan fingerprint density at radius 3 is 2.54 bits per heavy atom. The number of anilines is 1. The van der Waals surface area contributed by atoms with Crippen molar-refractivity contribution >= 4 is 36.0 Å². The number of urea groups is 1. The van der Waals surface area contributed by atoms with Gasteiger partial charge in [-0.1, -0.05) is 42.8 Å². The van der Waals surface area contributed by atoms with Crippen molar-refractivity contribution in [1.82, 2.24) is 4.90 Å². The molecule has 0 unspecified atom stereocenters. The zero-order valence-electron chi connectivity index (χ0n) is 17.1. The van der Waals surface area contributed by atoms with Gasteiger partial charge in [-0.05, 0) is 36.7 Å². The van der Waals surface area contributed by atoms with Crippen LogP contribution in [0.25, 0.3) is 0 Å². The number of nitrogens with one attached hydrogen (secondary N) is 1. The average Bonchev–Trinajstić information content (AvgIpc) is 2.53. The fourth-order valence-corrected chi connectivity index (χ4v) is 3.33. The molecular weight excluding hydrogens is 412 g/mol. The van der Waals surface area contributed by atoms with Gasteiger partial charge in [0.2, 0.25) is 0 Å². The summed E-state index contributed by atoms with van der Waals surface area (Å²) >= 11 is 3.48. The number of ether oxygens (including phenoxy) is 1. The number of hydrogen-bond donors (Lipinski definition) is 1. The van der Waals surface area contributed by atoms with Crippen molar-refractivity contribution in [3.8, 4) is 0 Å². The van der Waals surface area contributed by atoms with Crippen molar-refractivity contribution in [2.75, 3.05) is 32.6 Å². The molecule has 0 aliphatic heterocycles. The van der Waals surface area contributed by atoms with E-state index in [1.54, 1.807) is 19.1 Å². The molecule has 5 nitrogen and oxygen atoms in total. The van der Waals surface area contributed by atoms with Crippen molar-refractivity contribution in [2.45, 2.75) is 51.9 Å². The van der Waals surface area contributed by atoms with Crippen LogP contribution in [0.4, 0.5) is 10.5 Å². The van der Waals surface area contributed by atoms with Crippen LogP contribution in [0, 0.1) is 0 Å². The van der Waals surface area contributed by atoms with Gasteiger partial charge >= 0.3 is 6.03 Å². The summed E-state index contributed by atoms with van der Waals surface area (Å²) in [5.74, 6) is 0. The monoisotopic (exact) mass is 444 g/mol. The molecule has 0 aromatic heterocycles. The highest BCUT2D eigenvalue weighted by molar-refractivity contribution is 9.10. The molecule has 0 aliphatic rings. The van der Waals surface area contributed by atoms with E-state index in [9.17, 15) is 4.79 Å². The van der Waals surface area contributed by atoms with Gasteiger partial charge in [-0.2, -0.15) is 0 Å². The van der Waals surface area contributed by atoms with Crippen LogP contribution in [0.15, 0.2) is 22.7 Å². The Labute approximate surface area is 167 Å². The maximum absolute atomic E-state index is 12.5. The third kappa shape index (κ3) is 7.02. The number of methoxy groups -OCH3 is 1. The molecule has 1 aromatic carbocycles. The predicted octanol–water partition coefficient (Wildman–Crippen LogP) is 5.47. The minimum absolute atomic E-state index is 0.132. The van der Waals surface area contributed by atoms with E-state index in [1.807, 2.05) is 18.2 Å². The molecule has 0 bridgehead atoms. The summed E-state index contributed by atoms with van der Waals surface area (Å²) in [6.07, 6.45) is 0.806. The van der Waals surface area contributed by atoms with Gasteiger partial charge in [0.05, 0.1) is 6.61 Å². The Bertz CT molecular complexity index is 603. The SMILES string of the molecule is COCCCN(C)C(=O)Nc1cc(Br)ccc1CO[Si](C)(C)C(C)(C)C. The fraction of sp³-hybridized carbons (Fsp3) is 0.632. The summed E-state index contributed by atoms with van der Waals surface area (Å²) in [6, 6.07) is 5.76. The molecule has 1 rings (SSSR count). The van der Waals surface area contributed by atoms with Gasteiger partial charge in [-0.25, -0.2) is 4.79 Å². The number of benzene rings is 1. The van der Waals surface area contributed by atoms with Gasteiger partial charge in [0.15, 0.2) is 8.32 Å². The number of carbonyl (C=O) groups is 1. The maximum atomic E-state index is 12.5. The van der Waals surface area contributed by atoms with Crippen LogP contribution >= 0.6 is 15.9 Å². The summed E-state index contributed by atoms with van der Waals surface area (Å²) in [7, 11) is 1.59. The van der Waals surface area contributed by atoms with Crippen LogP contribution < -0.4 is 5.32 Å². The minimum atomic E-state index is -1.86. The molecule has 0 radical (unpaired) electrons. The first kappa shape index (κ1) is 23.1. The smallest absolute Gasteiger partial charge is 0.321 e. The highest BCUT2D eigenvalue weighted by atomic mass is 79.9. The Kier molecular flexibility index (Phi) is 8.79. The Balaban J connectivity index is 2.83. The zero-order chi connectivity index (χ0) is 20.0. The van der Waals surface area contributed by atoms with Crippen LogP contribution in [0.3, 0.4) is 0 Å². The molecule has 7 heteroatoms. The molecule has 26 heavy (non-hydrogen) atoms. The summed E-state index contributed by atoms with van der Waals surface area (Å²) < 4.78 is 12.3. The van der Waals surface area contributed by atoms with Crippen LogP contribution in [0.2, 0.25) is 18.1 Å². The van der Waals surface area contributed by atoms with E-state index in [2.05, 4.69) is 55.1 Å². The third-order valence-corrected chi connectivity index (χ3v) is 9.87. The van der Waals surface area contributed by atoms with E-state index < -0.39 is 8.32 Å². The maximum Gasteiger partial charge on any atom is 0.321 e. The summed E-state index contributed by atoms with van der Waals surface area (Å²) in [5, 5.41) is 3.15. The van der Waals surface area contributed by atoms with Crippen LogP contribution in [0.5, 0.6) is 0 Å². The normalized spacial score (nSPS) is 12.2. The Hall–Kier alpha value is -0.893. The van der Waals surface area contributed by atoms with Crippen LogP contribution in [0.1, 0.15) is 32.8 Å². The second-order valence-corrected chi connectivity index (χ2v) is 13.8. The van der Waals surface area contributed by atoms with E-state index in [1.165, 1.54) is 0 Å². The second-order valence-electron chi connectivity index (χ2n) is 8.05. The van der Waals surface area contributed by atoms with Gasteiger partial charge in [0, 0.05) is 43.0 Å². The average molecular weight is 445 g/mol. The first-order chi connectivity index (χ1) is 12.0. The molecule has 0 atom stereocenters. The van der Waals surface area contributed by atoms with Crippen molar-refractivity contribution < 1.29 is 14.0 Å². The summed E-state index contributed by atoms with van der Waals surface area (Å²) in [6.45, 7) is 12.9. The lowest BCUT2D eigenvalue weighted by molar-refractivity contribution is 0.179. The first-order valence-electron chi connectivity index (χ1n) is 8.91. The number of hydrogen-bond acceptors (Lipinski definition) is 3. The lowest BCUT2D eigenvalue weighted by atomic mass is 10.2. The Morgan fingerprint density at radius 2 is 1.96 bits per heavy atom. The number of amides is 2. The van der Waals surface area contributed by atoms with Gasteiger partial charge in [0.1, 0.15) is 0 Å². The van der Waals surface area contributed by atoms with E-state index in [4.69, 9.17) is 9.16 Å². The molecule has 148 valence electrons. The number of nitrogens with zero attached hydrogens (tertiary/aromatic N) is 1. The predicted molar refractivity (Wildman–Crippen MR) is 114 cm³/mol. The van der Waals surface area contributed by atoms with Gasteiger partial charge in [-0.3, -0.25) is 0 Å². The van der Waals surface area contributed by atoms with E-state index >= 15 is 0 Å². The van der Waals surface area contributed by atoms with E-state index in [-0.39, 0.29) is 11.1 Å². The fourth-order valence-electron chi connectivity index (χ4n) is 2.02.